The van der Waals surface area contributed by atoms with Crippen LogP contribution in [0.15, 0.2) is 35.5 Å². The number of aromatic nitrogens is 2. The summed E-state index contributed by atoms with van der Waals surface area (Å²) >= 11 is 0. The van der Waals surface area contributed by atoms with E-state index in [0.29, 0.717) is 43.1 Å². The predicted octanol–water partition coefficient (Wildman–Crippen LogP) is 3.28. The lowest BCUT2D eigenvalue weighted by Crippen LogP contribution is -2.35. The Labute approximate surface area is 195 Å². The molecule has 0 radical (unpaired) electrons. The van der Waals surface area contributed by atoms with Gasteiger partial charge in [0.2, 0.25) is 5.95 Å². The third-order valence-electron chi connectivity index (χ3n) is 6.69. The minimum atomic E-state index is -3.55. The smallest absolute Gasteiger partial charge is 0.225 e. The zero-order valence-electron chi connectivity index (χ0n) is 19.2. The van der Waals surface area contributed by atoms with Gasteiger partial charge in [0.05, 0.1) is 19.8 Å². The van der Waals surface area contributed by atoms with Crippen molar-refractivity contribution in [3.63, 3.8) is 0 Å². The number of benzene rings is 1. The van der Waals surface area contributed by atoms with Gasteiger partial charge in [-0.1, -0.05) is 6.07 Å². The summed E-state index contributed by atoms with van der Waals surface area (Å²) in [5.41, 5.74) is 1.74. The molecule has 7 nitrogen and oxygen atoms in total. The van der Waals surface area contributed by atoms with Gasteiger partial charge in [-0.15, -0.1) is 0 Å². The Morgan fingerprint density at radius 2 is 1.88 bits per heavy atom. The second-order valence-corrected chi connectivity index (χ2v) is 11.2. The SMILES string of the molecule is COCCc1cnc(N2CCC([C@H]3C[C@H]3COCc3ccc(S(C)(=O)=O)c(F)c3)CC2)nc1. The highest BCUT2D eigenvalue weighted by Gasteiger charge is 2.43. The number of sulfone groups is 1. The monoisotopic (exact) mass is 477 g/mol. The average Bonchev–Trinajstić information content (AvgIpc) is 3.57. The third kappa shape index (κ3) is 6.28. The maximum Gasteiger partial charge on any atom is 0.225 e. The maximum atomic E-state index is 14.0. The fourth-order valence-electron chi connectivity index (χ4n) is 4.69. The van der Waals surface area contributed by atoms with E-state index in [0.717, 1.165) is 50.1 Å². The van der Waals surface area contributed by atoms with Crippen LogP contribution in [0.2, 0.25) is 0 Å². The van der Waals surface area contributed by atoms with Crippen LogP contribution in [0.3, 0.4) is 0 Å². The Morgan fingerprint density at radius 3 is 2.52 bits per heavy atom. The molecule has 2 heterocycles. The summed E-state index contributed by atoms with van der Waals surface area (Å²) in [6.07, 6.45) is 9.06. The Kier molecular flexibility index (Phi) is 7.61. The molecule has 33 heavy (non-hydrogen) atoms. The number of halogens is 1. The summed E-state index contributed by atoms with van der Waals surface area (Å²) < 4.78 is 48.0. The highest BCUT2D eigenvalue weighted by molar-refractivity contribution is 7.90. The molecule has 2 aromatic rings. The van der Waals surface area contributed by atoms with Crippen LogP contribution in [0.1, 0.15) is 30.4 Å². The van der Waals surface area contributed by atoms with Gasteiger partial charge < -0.3 is 14.4 Å². The van der Waals surface area contributed by atoms with E-state index in [1.54, 1.807) is 13.2 Å². The summed E-state index contributed by atoms with van der Waals surface area (Å²) in [4.78, 5) is 11.1. The van der Waals surface area contributed by atoms with E-state index < -0.39 is 15.7 Å². The summed E-state index contributed by atoms with van der Waals surface area (Å²) in [7, 11) is -1.86. The van der Waals surface area contributed by atoms with Gasteiger partial charge >= 0.3 is 0 Å². The number of hydrogen-bond donors (Lipinski definition) is 0. The molecule has 9 heteroatoms. The fraction of sp³-hybridized carbons (Fsp3) is 0.583. The molecular formula is C24H32FN3O4S. The number of hydrogen-bond acceptors (Lipinski definition) is 7. The molecule has 0 spiro atoms. The maximum absolute atomic E-state index is 14.0. The summed E-state index contributed by atoms with van der Waals surface area (Å²) in [5, 5.41) is 0. The molecule has 2 atom stereocenters. The molecule has 2 fully saturated rings. The molecule has 1 aliphatic carbocycles. The van der Waals surface area contributed by atoms with Crippen LogP contribution >= 0.6 is 0 Å². The van der Waals surface area contributed by atoms with Gasteiger partial charge in [0, 0.05) is 38.8 Å². The van der Waals surface area contributed by atoms with Crippen molar-refractivity contribution in [3.05, 3.63) is 47.5 Å². The number of ether oxygens (including phenoxy) is 2. The highest BCUT2D eigenvalue weighted by Crippen LogP contribution is 2.48. The molecule has 4 rings (SSSR count). The first-order valence-corrected chi connectivity index (χ1v) is 13.4. The molecule has 0 unspecified atom stereocenters. The summed E-state index contributed by atoms with van der Waals surface area (Å²) in [5.74, 6) is 2.02. The predicted molar refractivity (Wildman–Crippen MR) is 123 cm³/mol. The first kappa shape index (κ1) is 24.0. The van der Waals surface area contributed by atoms with Gasteiger partial charge in [0.15, 0.2) is 9.84 Å². The first-order chi connectivity index (χ1) is 15.8. The fourth-order valence-corrected chi connectivity index (χ4v) is 5.42. The van der Waals surface area contributed by atoms with Crippen molar-refractivity contribution in [2.75, 3.05) is 44.6 Å². The van der Waals surface area contributed by atoms with Gasteiger partial charge in [-0.3, -0.25) is 0 Å². The van der Waals surface area contributed by atoms with Crippen molar-refractivity contribution >= 4 is 15.8 Å². The van der Waals surface area contributed by atoms with Gasteiger partial charge in [-0.25, -0.2) is 22.8 Å². The Balaban J connectivity index is 1.18. The largest absolute Gasteiger partial charge is 0.384 e. The molecule has 2 aliphatic rings. The number of methoxy groups -OCH3 is 1. The van der Waals surface area contributed by atoms with Crippen LogP contribution in [-0.4, -0.2) is 58.1 Å². The zero-order chi connectivity index (χ0) is 23.4. The van der Waals surface area contributed by atoms with E-state index in [4.69, 9.17) is 9.47 Å². The van der Waals surface area contributed by atoms with Gasteiger partial charge in [-0.2, -0.15) is 0 Å². The standard InChI is InChI=1S/C24H32FN3O4S/c1-31-10-7-18-13-26-24(27-14-18)28-8-5-19(6-9-28)21-12-20(21)16-32-15-17-3-4-23(22(25)11-17)33(2,29)30/h3-4,11,13-14,19-21H,5-10,12,15-16H2,1-2H3/t20-,21+/m0/s1. The molecule has 1 saturated carbocycles. The Bertz CT molecular complexity index is 1040. The van der Waals surface area contributed by atoms with Gasteiger partial charge in [0.25, 0.3) is 0 Å². The normalized spacial score (nSPS) is 21.4. The minimum absolute atomic E-state index is 0.271. The van der Waals surface area contributed by atoms with Crippen LogP contribution in [0.25, 0.3) is 0 Å². The van der Waals surface area contributed by atoms with Gasteiger partial charge in [-0.05, 0) is 66.7 Å². The van der Waals surface area contributed by atoms with Crippen LogP contribution in [-0.2, 0) is 32.3 Å². The van der Waals surface area contributed by atoms with E-state index in [-0.39, 0.29) is 4.90 Å². The summed E-state index contributed by atoms with van der Waals surface area (Å²) in [6, 6.07) is 4.18. The lowest BCUT2D eigenvalue weighted by atomic mass is 9.91. The Hall–Kier alpha value is -2.10. The molecule has 1 aromatic carbocycles. The van der Waals surface area contributed by atoms with Crippen molar-refractivity contribution < 1.29 is 22.3 Å². The van der Waals surface area contributed by atoms with Crippen molar-refractivity contribution in [1.29, 1.82) is 0 Å². The second-order valence-electron chi connectivity index (χ2n) is 9.17. The van der Waals surface area contributed by atoms with E-state index in [2.05, 4.69) is 14.9 Å². The average molecular weight is 478 g/mol. The number of rotatable bonds is 10. The summed E-state index contributed by atoms with van der Waals surface area (Å²) in [6.45, 7) is 3.57. The van der Waals surface area contributed by atoms with Crippen LogP contribution < -0.4 is 4.90 Å². The Morgan fingerprint density at radius 1 is 1.15 bits per heavy atom. The lowest BCUT2D eigenvalue weighted by Gasteiger charge is -2.32. The molecular weight excluding hydrogens is 445 g/mol. The van der Waals surface area contributed by atoms with Gasteiger partial charge in [0.1, 0.15) is 10.7 Å². The second kappa shape index (κ2) is 10.4. The number of anilines is 1. The third-order valence-corrected chi connectivity index (χ3v) is 7.82. The van der Waals surface area contributed by atoms with E-state index in [1.807, 2.05) is 12.4 Å². The number of piperidine rings is 1. The molecule has 180 valence electrons. The number of nitrogens with zero attached hydrogens (tertiary/aromatic N) is 3. The van der Waals surface area contributed by atoms with Crippen molar-refractivity contribution in [3.8, 4) is 0 Å². The van der Waals surface area contributed by atoms with Crippen LogP contribution in [0, 0.1) is 23.6 Å². The highest BCUT2D eigenvalue weighted by atomic mass is 32.2. The van der Waals surface area contributed by atoms with Crippen LogP contribution in [0.4, 0.5) is 10.3 Å². The quantitative estimate of drug-likeness (QED) is 0.519. The molecule has 0 N–H and O–H groups in total. The first-order valence-electron chi connectivity index (χ1n) is 11.5. The molecule has 0 bridgehead atoms. The van der Waals surface area contributed by atoms with E-state index in [9.17, 15) is 12.8 Å². The van der Waals surface area contributed by atoms with Crippen LogP contribution in [0.5, 0.6) is 0 Å². The van der Waals surface area contributed by atoms with Crippen molar-refractivity contribution in [2.45, 2.75) is 37.2 Å². The molecule has 0 amide bonds. The zero-order valence-corrected chi connectivity index (χ0v) is 20.1. The molecule has 1 saturated heterocycles. The molecule has 1 aromatic heterocycles. The minimum Gasteiger partial charge on any atom is -0.384 e. The van der Waals surface area contributed by atoms with E-state index in [1.165, 1.54) is 18.6 Å². The van der Waals surface area contributed by atoms with E-state index >= 15 is 0 Å². The lowest BCUT2D eigenvalue weighted by molar-refractivity contribution is 0.104. The van der Waals surface area contributed by atoms with Crippen molar-refractivity contribution in [1.82, 2.24) is 9.97 Å². The molecule has 1 aliphatic heterocycles. The van der Waals surface area contributed by atoms with Crippen molar-refractivity contribution in [2.24, 2.45) is 17.8 Å². The topological polar surface area (TPSA) is 81.6 Å².